The van der Waals surface area contributed by atoms with E-state index in [4.69, 9.17) is 4.52 Å². The highest BCUT2D eigenvalue weighted by molar-refractivity contribution is 14.0. The fourth-order valence-electron chi connectivity index (χ4n) is 2.89. The number of aromatic nitrogens is 1. The molecule has 1 amide bonds. The number of guanidine groups is 1. The minimum Gasteiger partial charge on any atom is -0.361 e. The molecular weight excluding hydrogens is 500 g/mol. The van der Waals surface area contributed by atoms with E-state index in [-0.39, 0.29) is 42.1 Å². The van der Waals surface area contributed by atoms with Crippen LogP contribution in [0, 0.1) is 5.82 Å². The summed E-state index contributed by atoms with van der Waals surface area (Å²) in [7, 11) is 0. The fourth-order valence-corrected chi connectivity index (χ4v) is 2.89. The van der Waals surface area contributed by atoms with Crippen LogP contribution in [0.5, 0.6) is 0 Å². The zero-order chi connectivity index (χ0) is 21.1. The quantitative estimate of drug-likeness (QED) is 0.190. The average molecular weight is 531 g/mol. The molecule has 1 heterocycles. The molecule has 2 rings (SSSR count). The molecule has 30 heavy (non-hydrogen) atoms. The standard InChI is InChI=1S/C21H30FN5O2.HI/c1-4-18-17(19(5-2)29-27-18)14-26-21(23-6-3)25-11-10-24-20(28)13-15-8-7-9-16(22)12-15;/h7-9,12H,4-6,10-11,13-14H2,1-3H3,(H,24,28)(H2,23,25,26);1H. The zero-order valence-electron chi connectivity index (χ0n) is 17.8. The van der Waals surface area contributed by atoms with Crippen molar-refractivity contribution in [2.75, 3.05) is 19.6 Å². The van der Waals surface area contributed by atoms with Crippen molar-refractivity contribution in [3.05, 3.63) is 52.7 Å². The molecule has 166 valence electrons. The number of carbonyl (C=O) groups excluding carboxylic acids is 1. The molecule has 7 nitrogen and oxygen atoms in total. The van der Waals surface area contributed by atoms with E-state index >= 15 is 0 Å². The van der Waals surface area contributed by atoms with E-state index < -0.39 is 0 Å². The number of nitrogens with zero attached hydrogens (tertiary/aromatic N) is 2. The van der Waals surface area contributed by atoms with Gasteiger partial charge in [-0.05, 0) is 31.0 Å². The maximum atomic E-state index is 13.2. The van der Waals surface area contributed by atoms with Crippen molar-refractivity contribution in [3.8, 4) is 0 Å². The highest BCUT2D eigenvalue weighted by Crippen LogP contribution is 2.16. The Morgan fingerprint density at radius 1 is 1.13 bits per heavy atom. The van der Waals surface area contributed by atoms with Gasteiger partial charge < -0.3 is 20.5 Å². The molecule has 0 saturated carbocycles. The van der Waals surface area contributed by atoms with Crippen LogP contribution < -0.4 is 16.0 Å². The molecule has 2 aromatic rings. The smallest absolute Gasteiger partial charge is 0.224 e. The number of rotatable bonds is 10. The lowest BCUT2D eigenvalue weighted by atomic mass is 10.1. The summed E-state index contributed by atoms with van der Waals surface area (Å²) in [4.78, 5) is 16.6. The third kappa shape index (κ3) is 8.29. The van der Waals surface area contributed by atoms with Crippen molar-refractivity contribution in [1.29, 1.82) is 0 Å². The second-order valence-electron chi connectivity index (χ2n) is 6.52. The Balaban J connectivity index is 0.00000450. The number of hydrogen-bond acceptors (Lipinski definition) is 4. The van der Waals surface area contributed by atoms with Crippen molar-refractivity contribution in [2.45, 2.75) is 46.6 Å². The Morgan fingerprint density at radius 2 is 1.90 bits per heavy atom. The Bertz CT molecular complexity index is 804. The van der Waals surface area contributed by atoms with Crippen LogP contribution in [0.15, 0.2) is 33.8 Å². The van der Waals surface area contributed by atoms with Crippen LogP contribution in [-0.4, -0.2) is 36.7 Å². The predicted octanol–water partition coefficient (Wildman–Crippen LogP) is 2.97. The maximum absolute atomic E-state index is 13.2. The lowest BCUT2D eigenvalue weighted by molar-refractivity contribution is -0.120. The van der Waals surface area contributed by atoms with E-state index in [1.807, 2.05) is 20.8 Å². The van der Waals surface area contributed by atoms with Gasteiger partial charge in [-0.3, -0.25) is 4.79 Å². The van der Waals surface area contributed by atoms with Gasteiger partial charge in [-0.2, -0.15) is 0 Å². The van der Waals surface area contributed by atoms with Crippen molar-refractivity contribution in [3.63, 3.8) is 0 Å². The molecule has 0 spiro atoms. The summed E-state index contributed by atoms with van der Waals surface area (Å²) in [6.07, 6.45) is 1.73. The Kier molecular flexibility index (Phi) is 12.0. The van der Waals surface area contributed by atoms with Gasteiger partial charge in [0.2, 0.25) is 5.91 Å². The Labute approximate surface area is 194 Å². The minimum absolute atomic E-state index is 0. The second-order valence-corrected chi connectivity index (χ2v) is 6.52. The molecule has 0 aliphatic heterocycles. The van der Waals surface area contributed by atoms with Crippen LogP contribution in [0.25, 0.3) is 0 Å². The molecule has 1 aromatic heterocycles. The SMILES string of the molecule is CCNC(=NCc1c(CC)noc1CC)NCCNC(=O)Cc1cccc(F)c1.I. The van der Waals surface area contributed by atoms with Gasteiger partial charge in [-0.25, -0.2) is 9.38 Å². The Hall–Kier alpha value is -2.17. The maximum Gasteiger partial charge on any atom is 0.224 e. The Morgan fingerprint density at radius 3 is 2.57 bits per heavy atom. The van der Waals surface area contributed by atoms with Gasteiger partial charge in [-0.15, -0.1) is 24.0 Å². The van der Waals surface area contributed by atoms with Gasteiger partial charge in [-0.1, -0.05) is 31.1 Å². The zero-order valence-corrected chi connectivity index (χ0v) is 20.1. The average Bonchev–Trinajstić information content (AvgIpc) is 3.11. The number of halogens is 2. The summed E-state index contributed by atoms with van der Waals surface area (Å²) in [5.74, 6) is 1.04. The molecule has 0 unspecified atom stereocenters. The molecule has 0 fully saturated rings. The van der Waals surface area contributed by atoms with Crippen LogP contribution in [0.2, 0.25) is 0 Å². The van der Waals surface area contributed by atoms with Gasteiger partial charge >= 0.3 is 0 Å². The fraction of sp³-hybridized carbons (Fsp3) is 0.476. The highest BCUT2D eigenvalue weighted by atomic mass is 127. The monoisotopic (exact) mass is 531 g/mol. The number of nitrogens with one attached hydrogen (secondary N) is 3. The van der Waals surface area contributed by atoms with Crippen LogP contribution in [0.3, 0.4) is 0 Å². The summed E-state index contributed by atoms with van der Waals surface area (Å²) in [5, 5.41) is 13.3. The molecule has 1 aromatic carbocycles. The molecule has 0 aliphatic rings. The molecule has 3 N–H and O–H groups in total. The summed E-state index contributed by atoms with van der Waals surface area (Å²) < 4.78 is 18.6. The van der Waals surface area contributed by atoms with E-state index in [0.717, 1.165) is 36.4 Å². The number of benzene rings is 1. The third-order valence-electron chi connectivity index (χ3n) is 4.34. The molecule has 0 radical (unpaired) electrons. The summed E-state index contributed by atoms with van der Waals surface area (Å²) in [6, 6.07) is 6.06. The van der Waals surface area contributed by atoms with E-state index in [1.165, 1.54) is 12.1 Å². The van der Waals surface area contributed by atoms with Crippen LogP contribution in [0.4, 0.5) is 4.39 Å². The first-order valence-corrected chi connectivity index (χ1v) is 10.1. The van der Waals surface area contributed by atoms with Gasteiger partial charge in [0.05, 0.1) is 18.7 Å². The second kappa shape index (κ2) is 13.9. The van der Waals surface area contributed by atoms with Crippen LogP contribution in [0.1, 0.15) is 43.4 Å². The molecule has 0 saturated heterocycles. The highest BCUT2D eigenvalue weighted by Gasteiger charge is 2.13. The first-order chi connectivity index (χ1) is 14.1. The molecule has 9 heteroatoms. The van der Waals surface area contributed by atoms with Crippen LogP contribution in [-0.2, 0) is 30.6 Å². The normalized spacial score (nSPS) is 11.0. The molecule has 0 atom stereocenters. The number of hydrogen-bond donors (Lipinski definition) is 3. The van der Waals surface area contributed by atoms with Gasteiger partial charge in [0.1, 0.15) is 11.6 Å². The minimum atomic E-state index is -0.339. The topological polar surface area (TPSA) is 91.6 Å². The van der Waals surface area contributed by atoms with E-state index in [0.29, 0.717) is 31.2 Å². The molecular formula is C21H31FIN5O2. The third-order valence-corrected chi connectivity index (χ3v) is 4.34. The lowest BCUT2D eigenvalue weighted by Gasteiger charge is -2.12. The lowest BCUT2D eigenvalue weighted by Crippen LogP contribution is -2.41. The molecule has 0 aliphatic carbocycles. The number of carbonyl (C=O) groups is 1. The van der Waals surface area contributed by atoms with E-state index in [1.54, 1.807) is 12.1 Å². The van der Waals surface area contributed by atoms with Gasteiger partial charge in [0.15, 0.2) is 5.96 Å². The number of aliphatic imine (C=N–C) groups is 1. The van der Waals surface area contributed by atoms with Crippen molar-refractivity contribution in [2.24, 2.45) is 4.99 Å². The van der Waals surface area contributed by atoms with Crippen molar-refractivity contribution >= 4 is 35.8 Å². The van der Waals surface area contributed by atoms with E-state index in [9.17, 15) is 9.18 Å². The van der Waals surface area contributed by atoms with Crippen LogP contribution >= 0.6 is 24.0 Å². The first-order valence-electron chi connectivity index (χ1n) is 10.1. The predicted molar refractivity (Wildman–Crippen MR) is 127 cm³/mol. The van der Waals surface area contributed by atoms with Gasteiger partial charge in [0.25, 0.3) is 0 Å². The summed E-state index contributed by atoms with van der Waals surface area (Å²) in [5.41, 5.74) is 2.62. The number of aryl methyl sites for hydroxylation is 2. The van der Waals surface area contributed by atoms with E-state index in [2.05, 4.69) is 26.1 Å². The molecule has 0 bridgehead atoms. The largest absolute Gasteiger partial charge is 0.361 e. The van der Waals surface area contributed by atoms with Crippen molar-refractivity contribution in [1.82, 2.24) is 21.1 Å². The number of amides is 1. The first kappa shape index (κ1) is 25.9. The summed E-state index contributed by atoms with van der Waals surface area (Å²) >= 11 is 0. The summed E-state index contributed by atoms with van der Waals surface area (Å²) in [6.45, 7) is 8.23. The van der Waals surface area contributed by atoms with Gasteiger partial charge in [0, 0.05) is 31.6 Å². The van der Waals surface area contributed by atoms with Crippen molar-refractivity contribution < 1.29 is 13.7 Å².